The third-order valence-corrected chi connectivity index (χ3v) is 5.64. The fraction of sp³-hybridized carbons (Fsp3) is 0.348. The molecule has 0 atom stereocenters. The number of nitrogens with zero attached hydrogens (tertiary/aromatic N) is 5. The van der Waals surface area contributed by atoms with Crippen LogP contribution in [0.4, 0.5) is 5.82 Å². The summed E-state index contributed by atoms with van der Waals surface area (Å²) in [6.45, 7) is 10.0. The molecule has 0 saturated carbocycles. The molecule has 1 aliphatic rings. The number of carbonyl (C=O) groups excluding carboxylic acids is 1. The molecule has 6 nitrogen and oxygen atoms in total. The van der Waals surface area contributed by atoms with Gasteiger partial charge in [0.2, 0.25) is 0 Å². The molecule has 0 aliphatic carbocycles. The Kier molecular flexibility index (Phi) is 5.45. The maximum Gasteiger partial charge on any atom is 0.178 e. The molecule has 2 aromatic heterocycles. The van der Waals surface area contributed by atoms with E-state index < -0.39 is 0 Å². The molecule has 1 aliphatic heterocycles. The normalized spacial score (nSPS) is 14.9. The lowest BCUT2D eigenvalue weighted by Gasteiger charge is -2.34. The lowest BCUT2D eigenvalue weighted by molar-refractivity contribution is 0.0925. The second kappa shape index (κ2) is 8.17. The predicted molar refractivity (Wildman–Crippen MR) is 115 cm³/mol. The molecule has 3 aromatic rings. The SMILES string of the molecule is Cc1ccc(-n2c(C)cc(C(=O)CN3CCN(c4cnccn4)CC3)c2C)cc1. The molecule has 1 aromatic carbocycles. The largest absolute Gasteiger partial charge is 0.353 e. The van der Waals surface area contributed by atoms with Gasteiger partial charge in [-0.2, -0.15) is 0 Å². The highest BCUT2D eigenvalue weighted by Crippen LogP contribution is 2.22. The first-order chi connectivity index (χ1) is 14.0. The second-order valence-corrected chi connectivity index (χ2v) is 7.71. The van der Waals surface area contributed by atoms with Crippen LogP contribution in [0.3, 0.4) is 0 Å². The quantitative estimate of drug-likeness (QED) is 0.627. The first-order valence-electron chi connectivity index (χ1n) is 10.1. The minimum atomic E-state index is 0.185. The third kappa shape index (κ3) is 4.07. The smallest absolute Gasteiger partial charge is 0.178 e. The summed E-state index contributed by atoms with van der Waals surface area (Å²) in [5, 5.41) is 0. The van der Waals surface area contributed by atoms with E-state index in [9.17, 15) is 4.79 Å². The number of piperazine rings is 1. The topological polar surface area (TPSA) is 54.3 Å². The van der Waals surface area contributed by atoms with E-state index in [0.29, 0.717) is 6.54 Å². The van der Waals surface area contributed by atoms with Crippen molar-refractivity contribution in [2.24, 2.45) is 0 Å². The minimum absolute atomic E-state index is 0.185. The number of rotatable bonds is 5. The van der Waals surface area contributed by atoms with Crippen molar-refractivity contribution in [1.82, 2.24) is 19.4 Å². The summed E-state index contributed by atoms with van der Waals surface area (Å²) in [6, 6.07) is 10.4. The highest BCUT2D eigenvalue weighted by Gasteiger charge is 2.23. The van der Waals surface area contributed by atoms with Gasteiger partial charge in [0, 0.05) is 61.2 Å². The molecule has 29 heavy (non-hydrogen) atoms. The van der Waals surface area contributed by atoms with Crippen molar-refractivity contribution in [3.05, 3.63) is 71.4 Å². The van der Waals surface area contributed by atoms with Crippen molar-refractivity contribution in [3.63, 3.8) is 0 Å². The fourth-order valence-corrected chi connectivity index (χ4v) is 4.01. The molecule has 6 heteroatoms. The number of carbonyl (C=O) groups is 1. The second-order valence-electron chi connectivity index (χ2n) is 7.71. The molecule has 4 rings (SSSR count). The number of hydrogen-bond donors (Lipinski definition) is 0. The molecule has 0 unspecified atom stereocenters. The van der Waals surface area contributed by atoms with Crippen molar-refractivity contribution >= 4 is 11.6 Å². The third-order valence-electron chi connectivity index (χ3n) is 5.64. The van der Waals surface area contributed by atoms with Crippen molar-refractivity contribution in [2.75, 3.05) is 37.6 Å². The number of anilines is 1. The van der Waals surface area contributed by atoms with E-state index in [-0.39, 0.29) is 5.78 Å². The van der Waals surface area contributed by atoms with Gasteiger partial charge >= 0.3 is 0 Å². The van der Waals surface area contributed by atoms with Gasteiger partial charge in [0.1, 0.15) is 5.82 Å². The van der Waals surface area contributed by atoms with E-state index in [1.807, 2.05) is 13.0 Å². The number of hydrogen-bond acceptors (Lipinski definition) is 5. The van der Waals surface area contributed by atoms with Crippen molar-refractivity contribution in [2.45, 2.75) is 20.8 Å². The summed E-state index contributed by atoms with van der Waals surface area (Å²) in [6.07, 6.45) is 5.20. The van der Waals surface area contributed by atoms with Gasteiger partial charge in [0.05, 0.1) is 12.7 Å². The lowest BCUT2D eigenvalue weighted by Crippen LogP contribution is -2.48. The van der Waals surface area contributed by atoms with Gasteiger partial charge in [0.15, 0.2) is 5.78 Å². The summed E-state index contributed by atoms with van der Waals surface area (Å²) in [5.41, 5.74) is 5.24. The van der Waals surface area contributed by atoms with Gasteiger partial charge < -0.3 is 9.47 Å². The molecule has 0 spiro atoms. The summed E-state index contributed by atoms with van der Waals surface area (Å²) in [7, 11) is 0. The van der Waals surface area contributed by atoms with E-state index in [0.717, 1.165) is 54.6 Å². The molecule has 0 N–H and O–H groups in total. The lowest BCUT2D eigenvalue weighted by atomic mass is 10.1. The maximum absolute atomic E-state index is 13.0. The average molecular weight is 390 g/mol. The summed E-state index contributed by atoms with van der Waals surface area (Å²) < 4.78 is 2.17. The summed E-state index contributed by atoms with van der Waals surface area (Å²) in [4.78, 5) is 26.0. The van der Waals surface area contributed by atoms with Crippen LogP contribution in [0, 0.1) is 20.8 Å². The summed E-state index contributed by atoms with van der Waals surface area (Å²) in [5.74, 6) is 1.09. The monoisotopic (exact) mass is 389 g/mol. The zero-order valence-electron chi connectivity index (χ0n) is 17.3. The minimum Gasteiger partial charge on any atom is -0.353 e. The molecule has 1 saturated heterocycles. The van der Waals surface area contributed by atoms with E-state index in [1.54, 1.807) is 18.6 Å². The molecule has 0 radical (unpaired) electrons. The average Bonchev–Trinajstić information content (AvgIpc) is 3.04. The summed E-state index contributed by atoms with van der Waals surface area (Å²) >= 11 is 0. The van der Waals surface area contributed by atoms with Crippen LogP contribution in [0.1, 0.15) is 27.3 Å². The van der Waals surface area contributed by atoms with Crippen LogP contribution in [0.2, 0.25) is 0 Å². The maximum atomic E-state index is 13.0. The van der Waals surface area contributed by atoms with Gasteiger partial charge in [0.25, 0.3) is 0 Å². The first-order valence-corrected chi connectivity index (χ1v) is 10.1. The van der Waals surface area contributed by atoms with E-state index >= 15 is 0 Å². The standard InChI is InChI=1S/C23H27N5O/c1-17-4-6-20(7-5-17)28-18(2)14-21(19(28)3)22(29)16-26-10-12-27(13-11-26)23-15-24-8-9-25-23/h4-9,14-15H,10-13,16H2,1-3H3. The molecule has 0 amide bonds. The number of benzene rings is 1. The van der Waals surface area contributed by atoms with Gasteiger partial charge in [-0.3, -0.25) is 14.7 Å². The zero-order chi connectivity index (χ0) is 20.4. The number of aryl methyl sites for hydroxylation is 2. The Hall–Kier alpha value is -2.99. The van der Waals surface area contributed by atoms with Crippen LogP contribution in [-0.2, 0) is 0 Å². The van der Waals surface area contributed by atoms with Gasteiger partial charge in [-0.1, -0.05) is 17.7 Å². The van der Waals surface area contributed by atoms with Crippen LogP contribution in [0.5, 0.6) is 0 Å². The van der Waals surface area contributed by atoms with E-state index in [4.69, 9.17) is 0 Å². The Morgan fingerprint density at radius 3 is 2.38 bits per heavy atom. The Morgan fingerprint density at radius 1 is 1.00 bits per heavy atom. The van der Waals surface area contributed by atoms with Crippen molar-refractivity contribution in [3.8, 4) is 5.69 Å². The Balaban J connectivity index is 1.43. The van der Waals surface area contributed by atoms with Crippen molar-refractivity contribution < 1.29 is 4.79 Å². The van der Waals surface area contributed by atoms with Crippen LogP contribution in [0.25, 0.3) is 5.69 Å². The Labute approximate surface area is 171 Å². The van der Waals surface area contributed by atoms with Gasteiger partial charge in [-0.25, -0.2) is 4.98 Å². The van der Waals surface area contributed by atoms with Crippen LogP contribution < -0.4 is 4.90 Å². The Bertz CT molecular complexity index is 986. The van der Waals surface area contributed by atoms with Crippen molar-refractivity contribution in [1.29, 1.82) is 0 Å². The van der Waals surface area contributed by atoms with Crippen LogP contribution in [0.15, 0.2) is 48.9 Å². The number of aromatic nitrogens is 3. The molecular weight excluding hydrogens is 362 g/mol. The van der Waals surface area contributed by atoms with E-state index in [2.05, 4.69) is 62.4 Å². The number of Topliss-reactive ketones (excluding diaryl/α,β-unsaturated/α-hetero) is 1. The van der Waals surface area contributed by atoms with Crippen LogP contribution >= 0.6 is 0 Å². The number of ketones is 1. The molecular formula is C23H27N5O. The first kappa shape index (κ1) is 19.3. The molecule has 150 valence electrons. The molecule has 0 bridgehead atoms. The van der Waals surface area contributed by atoms with Crippen LogP contribution in [-0.4, -0.2) is 57.9 Å². The van der Waals surface area contributed by atoms with Gasteiger partial charge in [-0.15, -0.1) is 0 Å². The Morgan fingerprint density at radius 2 is 1.72 bits per heavy atom. The fourth-order valence-electron chi connectivity index (χ4n) is 4.01. The predicted octanol–water partition coefficient (Wildman–Crippen LogP) is 3.20. The molecule has 1 fully saturated rings. The zero-order valence-corrected chi connectivity index (χ0v) is 17.3. The molecule has 3 heterocycles. The highest BCUT2D eigenvalue weighted by atomic mass is 16.1. The van der Waals surface area contributed by atoms with E-state index in [1.165, 1.54) is 5.56 Å². The highest BCUT2D eigenvalue weighted by molar-refractivity contribution is 5.99. The van der Waals surface area contributed by atoms with Gasteiger partial charge in [-0.05, 0) is 39.0 Å².